The van der Waals surface area contributed by atoms with E-state index in [9.17, 15) is 29.7 Å². The highest BCUT2D eigenvalue weighted by atomic mass is 16.4. The lowest BCUT2D eigenvalue weighted by molar-refractivity contribution is -0.264. The number of aliphatic hydroxyl groups excluding tert-OH is 1. The van der Waals surface area contributed by atoms with Gasteiger partial charge in [0.05, 0.1) is 16.9 Å². The average Bonchev–Trinajstić information content (AvgIpc) is 3.17. The van der Waals surface area contributed by atoms with E-state index in [1.807, 2.05) is 20.8 Å². The molecule has 0 aromatic carbocycles. The maximum atomic E-state index is 13.6. The van der Waals surface area contributed by atoms with Crippen LogP contribution in [0.2, 0.25) is 0 Å². The van der Waals surface area contributed by atoms with Crippen LogP contribution in [0.4, 0.5) is 0 Å². The molecule has 0 aromatic heterocycles. The topological polar surface area (TPSA) is 112 Å². The Labute approximate surface area is 214 Å². The fourth-order valence-corrected chi connectivity index (χ4v) is 11.6. The number of ketones is 1. The lowest BCUT2D eigenvalue weighted by atomic mass is 9.31. The third-order valence-electron chi connectivity index (χ3n) is 12.9. The van der Waals surface area contributed by atoms with Crippen molar-refractivity contribution in [3.05, 3.63) is 12.2 Å². The van der Waals surface area contributed by atoms with Gasteiger partial charge in [-0.15, -0.1) is 0 Å². The fraction of sp³-hybridized carbons (Fsp3) is 0.833. The average molecular weight is 501 g/mol. The molecule has 0 unspecified atom stereocenters. The van der Waals surface area contributed by atoms with E-state index in [4.69, 9.17) is 0 Å². The molecule has 0 saturated heterocycles. The minimum atomic E-state index is -1.10. The Morgan fingerprint density at radius 2 is 1.61 bits per heavy atom. The Morgan fingerprint density at radius 3 is 2.19 bits per heavy atom. The summed E-state index contributed by atoms with van der Waals surface area (Å²) in [6, 6.07) is 0. The molecular weight excluding hydrogens is 456 g/mol. The number of hydrogen-bond acceptors (Lipinski definition) is 4. The number of carbonyl (C=O) groups is 3. The molecule has 10 atom stereocenters. The van der Waals surface area contributed by atoms with Gasteiger partial charge in [-0.05, 0) is 92.8 Å². The van der Waals surface area contributed by atoms with Crippen molar-refractivity contribution in [3.8, 4) is 0 Å². The number of rotatable bonds is 3. The molecule has 200 valence electrons. The normalized spacial score (nSPS) is 51.3. The number of aliphatic carboxylic acids is 2. The highest BCUT2D eigenvalue weighted by Gasteiger charge is 2.76. The number of carbonyl (C=O) groups excluding carboxylic acids is 1. The second-order valence-corrected chi connectivity index (χ2v) is 14.3. The van der Waals surface area contributed by atoms with E-state index < -0.39 is 39.7 Å². The molecule has 6 nitrogen and oxygen atoms in total. The zero-order valence-corrected chi connectivity index (χ0v) is 22.6. The summed E-state index contributed by atoms with van der Waals surface area (Å²) in [6.45, 7) is 14.4. The van der Waals surface area contributed by atoms with Crippen LogP contribution in [0, 0.1) is 56.7 Å². The van der Waals surface area contributed by atoms with Gasteiger partial charge in [-0.3, -0.25) is 14.4 Å². The van der Waals surface area contributed by atoms with Gasteiger partial charge in [0.1, 0.15) is 5.78 Å². The predicted molar refractivity (Wildman–Crippen MR) is 135 cm³/mol. The van der Waals surface area contributed by atoms with Crippen LogP contribution in [0.25, 0.3) is 0 Å². The van der Waals surface area contributed by atoms with Crippen molar-refractivity contribution < 1.29 is 29.7 Å². The van der Waals surface area contributed by atoms with Gasteiger partial charge in [0.25, 0.3) is 0 Å². The minimum absolute atomic E-state index is 0.00774. The third-order valence-corrected chi connectivity index (χ3v) is 12.9. The first kappa shape index (κ1) is 25.9. The second kappa shape index (κ2) is 7.68. The van der Waals surface area contributed by atoms with E-state index in [1.54, 1.807) is 0 Å². The van der Waals surface area contributed by atoms with Crippen molar-refractivity contribution in [1.29, 1.82) is 0 Å². The predicted octanol–water partition coefficient (Wildman–Crippen LogP) is 5.33. The molecule has 5 saturated carbocycles. The zero-order valence-electron chi connectivity index (χ0n) is 22.6. The first-order chi connectivity index (χ1) is 16.6. The van der Waals surface area contributed by atoms with Crippen LogP contribution in [-0.4, -0.2) is 39.1 Å². The summed E-state index contributed by atoms with van der Waals surface area (Å²) >= 11 is 0. The van der Waals surface area contributed by atoms with Crippen molar-refractivity contribution >= 4 is 17.7 Å². The number of allylic oxidation sites excluding steroid dienone is 1. The fourth-order valence-electron chi connectivity index (χ4n) is 11.6. The van der Waals surface area contributed by atoms with E-state index >= 15 is 0 Å². The molecule has 6 heteroatoms. The van der Waals surface area contributed by atoms with Crippen molar-refractivity contribution in [3.63, 3.8) is 0 Å². The zero-order chi connectivity index (χ0) is 26.6. The lowest BCUT2D eigenvalue weighted by Crippen LogP contribution is -2.72. The van der Waals surface area contributed by atoms with Crippen LogP contribution < -0.4 is 0 Å². The molecule has 0 spiro atoms. The van der Waals surface area contributed by atoms with Crippen molar-refractivity contribution in [2.45, 2.75) is 98.5 Å². The van der Waals surface area contributed by atoms with E-state index in [0.29, 0.717) is 44.9 Å². The molecule has 5 rings (SSSR count). The molecule has 36 heavy (non-hydrogen) atoms. The van der Waals surface area contributed by atoms with Crippen LogP contribution in [0.5, 0.6) is 0 Å². The minimum Gasteiger partial charge on any atom is -0.481 e. The number of hydrogen-bond donors (Lipinski definition) is 3. The highest BCUT2D eigenvalue weighted by molar-refractivity contribution is 5.86. The monoisotopic (exact) mass is 500 g/mol. The second-order valence-electron chi connectivity index (χ2n) is 14.3. The van der Waals surface area contributed by atoms with Crippen molar-refractivity contribution in [2.24, 2.45) is 56.7 Å². The van der Waals surface area contributed by atoms with E-state index in [1.165, 1.54) is 0 Å². The number of fused-ring (bicyclic) bond motifs is 7. The largest absolute Gasteiger partial charge is 0.481 e. The summed E-state index contributed by atoms with van der Waals surface area (Å²) < 4.78 is 0. The smallest absolute Gasteiger partial charge is 0.310 e. The maximum Gasteiger partial charge on any atom is 0.310 e. The van der Waals surface area contributed by atoms with Gasteiger partial charge < -0.3 is 15.3 Å². The molecular formula is C30H44O6. The molecule has 5 fully saturated rings. The molecule has 0 radical (unpaired) electrons. The molecule has 0 amide bonds. The highest BCUT2D eigenvalue weighted by Crippen LogP contribution is 2.77. The Morgan fingerprint density at radius 1 is 0.944 bits per heavy atom. The summed E-state index contributed by atoms with van der Waals surface area (Å²) in [5, 5.41) is 33.3. The maximum absolute atomic E-state index is 13.6. The first-order valence-corrected chi connectivity index (χ1v) is 13.9. The SMILES string of the molecule is C=C(C)[C@@H]1CC[C@]2(C(=O)O)CC[C@]3(C(=O)O)[C@H](CC[C@@H]4[C@@]5(C)CCC(=O)C(C)(C)[C@H]5[C@@H](O)C[C@]43C)[C@@H]12. The molecule has 5 aliphatic rings. The van der Waals surface area contributed by atoms with Gasteiger partial charge in [-0.1, -0.05) is 39.8 Å². The van der Waals surface area contributed by atoms with Gasteiger partial charge in [0, 0.05) is 17.8 Å². The van der Waals surface area contributed by atoms with Gasteiger partial charge in [-0.2, -0.15) is 0 Å². The lowest BCUT2D eigenvalue weighted by Gasteiger charge is -2.72. The Balaban J connectivity index is 1.67. The molecule has 0 aromatic rings. The van der Waals surface area contributed by atoms with Gasteiger partial charge in [0.2, 0.25) is 0 Å². The summed E-state index contributed by atoms with van der Waals surface area (Å²) in [5.41, 5.74) is -2.71. The van der Waals surface area contributed by atoms with Gasteiger partial charge in [0.15, 0.2) is 0 Å². The van der Waals surface area contributed by atoms with Gasteiger partial charge in [-0.25, -0.2) is 0 Å². The quantitative estimate of drug-likeness (QED) is 0.452. The summed E-state index contributed by atoms with van der Waals surface area (Å²) in [5.74, 6) is -2.08. The van der Waals surface area contributed by atoms with E-state index in [0.717, 1.165) is 18.4 Å². The van der Waals surface area contributed by atoms with Crippen LogP contribution in [0.1, 0.15) is 92.4 Å². The third kappa shape index (κ3) is 2.80. The molecule has 3 N–H and O–H groups in total. The van der Waals surface area contributed by atoms with Crippen molar-refractivity contribution in [2.75, 3.05) is 0 Å². The van der Waals surface area contributed by atoms with Crippen LogP contribution >= 0.6 is 0 Å². The number of aliphatic hydroxyl groups is 1. The summed E-state index contributed by atoms with van der Waals surface area (Å²) in [4.78, 5) is 39.3. The van der Waals surface area contributed by atoms with Crippen molar-refractivity contribution in [1.82, 2.24) is 0 Å². The van der Waals surface area contributed by atoms with Crippen LogP contribution in [0.3, 0.4) is 0 Å². The molecule has 5 aliphatic carbocycles. The van der Waals surface area contributed by atoms with Crippen LogP contribution in [0.15, 0.2) is 12.2 Å². The Bertz CT molecular complexity index is 1030. The van der Waals surface area contributed by atoms with E-state index in [2.05, 4.69) is 20.4 Å². The summed E-state index contributed by atoms with van der Waals surface area (Å²) in [6.07, 6.45) is 4.24. The Hall–Kier alpha value is -1.69. The first-order valence-electron chi connectivity index (χ1n) is 13.9. The number of carboxylic acids is 2. The molecule has 0 heterocycles. The van der Waals surface area contributed by atoms with Crippen LogP contribution in [-0.2, 0) is 14.4 Å². The molecule has 0 bridgehead atoms. The van der Waals surface area contributed by atoms with Gasteiger partial charge >= 0.3 is 11.9 Å². The molecule has 0 aliphatic heterocycles. The summed E-state index contributed by atoms with van der Waals surface area (Å²) in [7, 11) is 0. The Kier molecular flexibility index (Phi) is 5.53. The standard InChI is InChI=1S/C30H44O6/c1-16(2)17-9-12-29(24(33)34)13-14-30(25(35)36)18(22(17)29)7-8-20-27(5)11-10-21(32)26(3,4)23(27)19(31)15-28(20,30)6/h17-20,22-23,31H,1,7-15H2,2-6H3,(H,33,34)(H,35,36)/t17-,18+,19-,20+,22+,23+,27+,28+,29-,30+/m0/s1. The van der Waals surface area contributed by atoms with E-state index in [-0.39, 0.29) is 40.8 Å². The number of Topliss-reactive ketones (excluding diaryl/α,β-unsaturated/α-hetero) is 1. The number of carboxylic acid groups (broad SMARTS) is 2.